The Bertz CT molecular complexity index is 1060. The molecule has 24 heavy (non-hydrogen) atoms. The Morgan fingerprint density at radius 3 is 2.92 bits per heavy atom. The van der Waals surface area contributed by atoms with E-state index < -0.39 is 5.63 Å². The van der Waals surface area contributed by atoms with Crippen molar-refractivity contribution in [3.05, 3.63) is 49.0 Å². The molecule has 3 heterocycles. The summed E-state index contributed by atoms with van der Waals surface area (Å²) in [5.41, 5.74) is 1.15. The van der Waals surface area contributed by atoms with Crippen LogP contribution >= 0.6 is 56.3 Å². The van der Waals surface area contributed by atoms with Crippen LogP contribution in [0.4, 0.5) is 0 Å². The monoisotopic (exact) mass is 486 g/mol. The molecule has 0 aliphatic carbocycles. The van der Waals surface area contributed by atoms with Crippen molar-refractivity contribution in [2.75, 3.05) is 5.75 Å². The molecule has 1 aromatic carbocycles. The van der Waals surface area contributed by atoms with Crippen LogP contribution in [0.2, 0.25) is 0 Å². The third kappa shape index (κ3) is 2.75. The summed E-state index contributed by atoms with van der Waals surface area (Å²) in [6.07, 6.45) is 0. The van der Waals surface area contributed by atoms with E-state index in [-0.39, 0.29) is 0 Å². The lowest BCUT2D eigenvalue weighted by Gasteiger charge is -2.13. The van der Waals surface area contributed by atoms with Gasteiger partial charge in [0.1, 0.15) is 0 Å². The summed E-state index contributed by atoms with van der Waals surface area (Å²) >= 11 is 12.6. The Morgan fingerprint density at radius 1 is 1.29 bits per heavy atom. The van der Waals surface area contributed by atoms with Crippen molar-refractivity contribution in [2.24, 2.45) is 5.10 Å². The topological polar surface area (TPSA) is 73.3 Å². The molecule has 0 saturated heterocycles. The second-order valence-corrected chi connectivity index (χ2v) is 7.99. The molecule has 4 rings (SSSR count). The molecule has 0 N–H and O–H groups in total. The molecule has 2 aromatic heterocycles. The minimum absolute atomic E-state index is 0.413. The molecular formula is C14H8Br2N4O2S2. The Labute approximate surface area is 162 Å². The number of thiol groups is 1. The largest absolute Gasteiger partial charge is 0.421 e. The highest BCUT2D eigenvalue weighted by Crippen LogP contribution is 2.29. The molecule has 0 saturated carbocycles. The van der Waals surface area contributed by atoms with E-state index in [1.165, 1.54) is 11.8 Å². The smallest absolute Gasteiger partial charge is 0.345 e. The summed E-state index contributed by atoms with van der Waals surface area (Å²) in [4.78, 5) is 12.4. The average Bonchev–Trinajstić information content (AvgIpc) is 2.97. The zero-order chi connectivity index (χ0) is 16.8. The molecule has 0 spiro atoms. The van der Waals surface area contributed by atoms with Crippen molar-refractivity contribution in [3.63, 3.8) is 0 Å². The van der Waals surface area contributed by atoms with Crippen LogP contribution in [0.25, 0.3) is 11.0 Å². The van der Waals surface area contributed by atoms with Crippen LogP contribution in [-0.2, 0) is 5.75 Å². The minimum atomic E-state index is -0.422. The van der Waals surface area contributed by atoms with Gasteiger partial charge in [0.05, 0.1) is 21.5 Å². The van der Waals surface area contributed by atoms with E-state index >= 15 is 0 Å². The first-order valence-corrected chi connectivity index (χ1v) is 9.96. The number of nitrogens with zero attached hydrogens (tertiary/aromatic N) is 4. The van der Waals surface area contributed by atoms with Gasteiger partial charge in [0.15, 0.2) is 11.4 Å². The molecule has 3 aromatic rings. The van der Waals surface area contributed by atoms with Crippen molar-refractivity contribution >= 4 is 72.9 Å². The number of hydrogen-bond acceptors (Lipinski definition) is 7. The zero-order valence-electron chi connectivity index (χ0n) is 11.9. The second kappa shape index (κ2) is 6.32. The fourth-order valence-electron chi connectivity index (χ4n) is 2.36. The molecule has 122 valence electrons. The predicted molar refractivity (Wildman–Crippen MR) is 103 cm³/mol. The summed E-state index contributed by atoms with van der Waals surface area (Å²) in [5.74, 6) is 1.57. The highest BCUT2D eigenvalue weighted by atomic mass is 79.9. The Hall–Kier alpha value is -1.10. The van der Waals surface area contributed by atoms with Gasteiger partial charge in [-0.1, -0.05) is 27.7 Å². The van der Waals surface area contributed by atoms with Gasteiger partial charge in [-0.15, -0.1) is 10.2 Å². The molecule has 1 aliphatic rings. The minimum Gasteiger partial charge on any atom is -0.421 e. The van der Waals surface area contributed by atoms with Crippen LogP contribution in [0.15, 0.2) is 46.6 Å². The average molecular weight is 488 g/mol. The molecule has 0 atom stereocenters. The SMILES string of the molecule is O=c1oc2c(Br)cc(Br)cc2cc1C1=Nn2c(CS)nnc2SC1. The van der Waals surface area contributed by atoms with Crippen LogP contribution < -0.4 is 5.63 Å². The third-order valence-electron chi connectivity index (χ3n) is 3.44. The predicted octanol–water partition coefficient (Wildman–Crippen LogP) is 3.70. The number of benzene rings is 1. The molecule has 0 fully saturated rings. The summed E-state index contributed by atoms with van der Waals surface area (Å²) in [5, 5.41) is 14.1. The molecule has 0 amide bonds. The molecule has 6 nitrogen and oxygen atoms in total. The van der Waals surface area contributed by atoms with Crippen molar-refractivity contribution in [3.8, 4) is 0 Å². The van der Waals surface area contributed by atoms with Crippen LogP contribution in [0.3, 0.4) is 0 Å². The highest BCUT2D eigenvalue weighted by Gasteiger charge is 2.22. The summed E-state index contributed by atoms with van der Waals surface area (Å²) < 4.78 is 8.72. The van der Waals surface area contributed by atoms with Gasteiger partial charge in [-0.05, 0) is 34.1 Å². The number of hydrogen-bond donors (Lipinski definition) is 1. The van der Waals surface area contributed by atoms with Crippen molar-refractivity contribution in [1.29, 1.82) is 0 Å². The van der Waals surface area contributed by atoms with Crippen LogP contribution in [-0.4, -0.2) is 26.3 Å². The molecule has 1 aliphatic heterocycles. The molecular weight excluding hydrogens is 480 g/mol. The fraction of sp³-hybridized carbons (Fsp3) is 0.143. The lowest BCUT2D eigenvalue weighted by atomic mass is 10.1. The van der Waals surface area contributed by atoms with Gasteiger partial charge in [0.2, 0.25) is 5.16 Å². The summed E-state index contributed by atoms with van der Waals surface area (Å²) in [6.45, 7) is 0. The van der Waals surface area contributed by atoms with Gasteiger partial charge in [0, 0.05) is 15.6 Å². The standard InChI is InChI=1S/C14H8Br2N4O2S2/c15-7-1-6-2-8(13(21)22-12(6)9(16)3-7)10-5-24-14-18-17-11(4-23)20(14)19-10/h1-3,23H,4-5H2. The van der Waals surface area contributed by atoms with E-state index in [1.54, 1.807) is 10.7 Å². The third-order valence-corrected chi connectivity index (χ3v) is 5.70. The fourth-order valence-corrected chi connectivity index (χ4v) is 4.74. The van der Waals surface area contributed by atoms with Gasteiger partial charge >= 0.3 is 5.63 Å². The number of rotatable bonds is 2. The molecule has 0 unspecified atom stereocenters. The maximum atomic E-state index is 12.4. The van der Waals surface area contributed by atoms with Crippen molar-refractivity contribution < 1.29 is 4.42 Å². The first-order valence-electron chi connectivity index (χ1n) is 6.76. The summed E-state index contributed by atoms with van der Waals surface area (Å²) in [7, 11) is 0. The van der Waals surface area contributed by atoms with Gasteiger partial charge in [-0.2, -0.15) is 22.4 Å². The van der Waals surface area contributed by atoms with E-state index in [9.17, 15) is 4.79 Å². The molecule has 0 radical (unpaired) electrons. The van der Waals surface area contributed by atoms with E-state index in [0.717, 1.165) is 9.86 Å². The summed E-state index contributed by atoms with van der Waals surface area (Å²) in [6, 6.07) is 5.53. The first-order chi connectivity index (χ1) is 11.6. The lowest BCUT2D eigenvalue weighted by Crippen LogP contribution is -2.21. The van der Waals surface area contributed by atoms with Crippen molar-refractivity contribution in [2.45, 2.75) is 10.9 Å². The van der Waals surface area contributed by atoms with Gasteiger partial charge in [0.25, 0.3) is 0 Å². The maximum absolute atomic E-state index is 12.4. The van der Waals surface area contributed by atoms with E-state index in [4.69, 9.17) is 4.42 Å². The van der Waals surface area contributed by atoms with Gasteiger partial charge in [-0.3, -0.25) is 0 Å². The maximum Gasteiger partial charge on any atom is 0.345 e. The first kappa shape index (κ1) is 16.4. The number of fused-ring (bicyclic) bond motifs is 2. The number of aromatic nitrogens is 3. The second-order valence-electron chi connectivity index (χ2n) is 4.96. The number of halogens is 2. The number of thioether (sulfide) groups is 1. The lowest BCUT2D eigenvalue weighted by molar-refractivity contribution is 0.557. The van der Waals surface area contributed by atoms with Gasteiger partial charge in [-0.25, -0.2) is 4.79 Å². The Kier molecular flexibility index (Phi) is 4.31. The van der Waals surface area contributed by atoms with Crippen LogP contribution in [0.5, 0.6) is 0 Å². The Balaban J connectivity index is 1.91. The van der Waals surface area contributed by atoms with Crippen LogP contribution in [0, 0.1) is 0 Å². The quantitative estimate of drug-likeness (QED) is 0.440. The normalized spacial score (nSPS) is 13.9. The van der Waals surface area contributed by atoms with E-state index in [2.05, 4.69) is 59.8 Å². The Morgan fingerprint density at radius 2 is 2.12 bits per heavy atom. The highest BCUT2D eigenvalue weighted by molar-refractivity contribution is 9.11. The van der Waals surface area contributed by atoms with E-state index in [0.29, 0.717) is 43.8 Å². The van der Waals surface area contributed by atoms with Crippen LogP contribution in [0.1, 0.15) is 11.4 Å². The van der Waals surface area contributed by atoms with E-state index in [1.807, 2.05) is 12.1 Å². The zero-order valence-corrected chi connectivity index (χ0v) is 16.7. The van der Waals surface area contributed by atoms with Gasteiger partial charge < -0.3 is 4.42 Å². The molecule has 10 heteroatoms. The molecule has 0 bridgehead atoms. The van der Waals surface area contributed by atoms with Crippen molar-refractivity contribution in [1.82, 2.24) is 14.9 Å².